The molecule has 0 saturated carbocycles. The number of piperidine rings is 1. The molecular formula is C15H23FN4O2. The highest BCUT2D eigenvalue weighted by atomic mass is 19.1. The standard InChI is InChI=1S/C15H23FN4O2/c1-15(2,3)22-14(21)20-7-5-4-6-12(20)10-19-13-17-8-11(16)9-18-13/h8-9,12H,4-7,10H2,1-3H3,(H,17,18,19)/t12-/m1/s1. The molecule has 1 amide bonds. The van der Waals surface area contributed by atoms with Crippen LogP contribution >= 0.6 is 0 Å². The number of nitrogens with zero attached hydrogens (tertiary/aromatic N) is 3. The highest BCUT2D eigenvalue weighted by molar-refractivity contribution is 5.68. The molecule has 6 nitrogen and oxygen atoms in total. The van der Waals surface area contributed by atoms with E-state index in [9.17, 15) is 9.18 Å². The molecule has 1 aliphatic heterocycles. The summed E-state index contributed by atoms with van der Waals surface area (Å²) in [6.45, 7) is 6.77. The Morgan fingerprint density at radius 3 is 2.73 bits per heavy atom. The van der Waals surface area contributed by atoms with Crippen molar-refractivity contribution in [2.24, 2.45) is 0 Å². The second-order valence-corrected chi connectivity index (χ2v) is 6.43. The quantitative estimate of drug-likeness (QED) is 0.930. The fourth-order valence-electron chi connectivity index (χ4n) is 2.39. The Morgan fingerprint density at radius 1 is 1.41 bits per heavy atom. The Hall–Kier alpha value is -1.92. The first-order valence-electron chi connectivity index (χ1n) is 7.56. The minimum Gasteiger partial charge on any atom is -0.444 e. The summed E-state index contributed by atoms with van der Waals surface area (Å²) in [6.07, 6.45) is 4.87. The summed E-state index contributed by atoms with van der Waals surface area (Å²) in [5, 5.41) is 3.05. The molecule has 22 heavy (non-hydrogen) atoms. The van der Waals surface area contributed by atoms with Gasteiger partial charge in [0, 0.05) is 13.1 Å². The molecule has 1 atom stereocenters. The minimum absolute atomic E-state index is 0.0252. The summed E-state index contributed by atoms with van der Waals surface area (Å²) in [5.41, 5.74) is -0.507. The zero-order valence-corrected chi connectivity index (χ0v) is 13.3. The van der Waals surface area contributed by atoms with Gasteiger partial charge in [0.2, 0.25) is 5.95 Å². The summed E-state index contributed by atoms with van der Waals surface area (Å²) < 4.78 is 18.2. The van der Waals surface area contributed by atoms with Crippen molar-refractivity contribution in [1.82, 2.24) is 14.9 Å². The SMILES string of the molecule is CC(C)(C)OC(=O)N1CCCC[C@@H]1CNc1ncc(F)cn1. The Balaban J connectivity index is 1.94. The zero-order chi connectivity index (χ0) is 16.2. The van der Waals surface area contributed by atoms with Crippen LogP contribution in [0.25, 0.3) is 0 Å². The van der Waals surface area contributed by atoms with Crippen LogP contribution in [0, 0.1) is 5.82 Å². The van der Waals surface area contributed by atoms with Gasteiger partial charge < -0.3 is 15.0 Å². The number of nitrogens with one attached hydrogen (secondary N) is 1. The number of anilines is 1. The van der Waals surface area contributed by atoms with Crippen LogP contribution in [-0.4, -0.2) is 45.7 Å². The van der Waals surface area contributed by atoms with Crippen molar-refractivity contribution in [3.8, 4) is 0 Å². The van der Waals surface area contributed by atoms with Gasteiger partial charge in [-0.1, -0.05) is 0 Å². The summed E-state index contributed by atoms with van der Waals surface area (Å²) in [6, 6.07) is 0.0252. The lowest BCUT2D eigenvalue weighted by Crippen LogP contribution is -2.49. The van der Waals surface area contributed by atoms with Crippen LogP contribution in [0.3, 0.4) is 0 Å². The lowest BCUT2D eigenvalue weighted by atomic mass is 10.0. The van der Waals surface area contributed by atoms with E-state index in [0.717, 1.165) is 31.7 Å². The van der Waals surface area contributed by atoms with E-state index in [-0.39, 0.29) is 12.1 Å². The van der Waals surface area contributed by atoms with Gasteiger partial charge in [0.25, 0.3) is 0 Å². The number of likely N-dealkylation sites (tertiary alicyclic amines) is 1. The Bertz CT molecular complexity index is 501. The first kappa shape index (κ1) is 16.5. The molecule has 1 aromatic rings. The molecular weight excluding hydrogens is 287 g/mol. The van der Waals surface area contributed by atoms with E-state index in [1.165, 1.54) is 0 Å². The molecule has 1 aliphatic rings. The molecule has 1 fully saturated rings. The second-order valence-electron chi connectivity index (χ2n) is 6.43. The van der Waals surface area contributed by atoms with Gasteiger partial charge in [0.15, 0.2) is 5.82 Å². The smallest absolute Gasteiger partial charge is 0.410 e. The maximum Gasteiger partial charge on any atom is 0.410 e. The highest BCUT2D eigenvalue weighted by Crippen LogP contribution is 2.20. The van der Waals surface area contributed by atoms with Crippen molar-refractivity contribution in [2.45, 2.75) is 51.7 Å². The van der Waals surface area contributed by atoms with E-state index < -0.39 is 11.4 Å². The van der Waals surface area contributed by atoms with E-state index in [4.69, 9.17) is 4.74 Å². The fraction of sp³-hybridized carbons (Fsp3) is 0.667. The third-order valence-corrected chi connectivity index (χ3v) is 3.37. The molecule has 1 saturated heterocycles. The topological polar surface area (TPSA) is 67.3 Å². The third-order valence-electron chi connectivity index (χ3n) is 3.37. The van der Waals surface area contributed by atoms with Crippen molar-refractivity contribution in [1.29, 1.82) is 0 Å². The summed E-state index contributed by atoms with van der Waals surface area (Å²) >= 11 is 0. The van der Waals surface area contributed by atoms with Crippen LogP contribution in [0.2, 0.25) is 0 Å². The van der Waals surface area contributed by atoms with Crippen LogP contribution in [0.4, 0.5) is 15.1 Å². The number of halogens is 1. The Morgan fingerprint density at radius 2 is 2.09 bits per heavy atom. The predicted octanol–water partition coefficient (Wildman–Crippen LogP) is 2.82. The van der Waals surface area contributed by atoms with Crippen LogP contribution in [0.1, 0.15) is 40.0 Å². The normalized spacial score (nSPS) is 18.9. The number of aromatic nitrogens is 2. The molecule has 0 radical (unpaired) electrons. The van der Waals surface area contributed by atoms with Crippen LogP contribution in [0.15, 0.2) is 12.4 Å². The third kappa shape index (κ3) is 4.82. The van der Waals surface area contributed by atoms with Crippen molar-refractivity contribution < 1.29 is 13.9 Å². The number of ether oxygens (including phenoxy) is 1. The first-order chi connectivity index (χ1) is 10.3. The highest BCUT2D eigenvalue weighted by Gasteiger charge is 2.30. The number of carbonyl (C=O) groups excluding carboxylic acids is 1. The molecule has 0 bridgehead atoms. The van der Waals surface area contributed by atoms with Crippen molar-refractivity contribution >= 4 is 12.0 Å². The number of hydrogen-bond acceptors (Lipinski definition) is 5. The Kier molecular flexibility index (Phi) is 5.15. The molecule has 122 valence electrons. The molecule has 0 aliphatic carbocycles. The van der Waals surface area contributed by atoms with E-state index >= 15 is 0 Å². The number of amides is 1. The largest absolute Gasteiger partial charge is 0.444 e. The van der Waals surface area contributed by atoms with Crippen LogP contribution in [0.5, 0.6) is 0 Å². The van der Waals surface area contributed by atoms with E-state index in [1.807, 2.05) is 20.8 Å². The molecule has 7 heteroatoms. The average molecular weight is 310 g/mol. The second kappa shape index (κ2) is 6.89. The monoisotopic (exact) mass is 310 g/mol. The molecule has 1 aromatic heterocycles. The minimum atomic E-state index is -0.507. The van der Waals surface area contributed by atoms with E-state index in [0.29, 0.717) is 19.0 Å². The van der Waals surface area contributed by atoms with Gasteiger partial charge in [-0.25, -0.2) is 19.2 Å². The van der Waals surface area contributed by atoms with Gasteiger partial charge in [-0.15, -0.1) is 0 Å². The molecule has 2 rings (SSSR count). The fourth-order valence-corrected chi connectivity index (χ4v) is 2.39. The van der Waals surface area contributed by atoms with Gasteiger partial charge in [-0.05, 0) is 40.0 Å². The lowest BCUT2D eigenvalue weighted by Gasteiger charge is -2.36. The molecule has 0 spiro atoms. The lowest BCUT2D eigenvalue weighted by molar-refractivity contribution is 0.0114. The maximum absolute atomic E-state index is 12.8. The number of rotatable bonds is 3. The van der Waals surface area contributed by atoms with Gasteiger partial charge in [0.1, 0.15) is 5.60 Å². The molecule has 0 aromatic carbocycles. The molecule has 1 N–H and O–H groups in total. The van der Waals surface area contributed by atoms with Crippen molar-refractivity contribution in [3.63, 3.8) is 0 Å². The summed E-state index contributed by atoms with van der Waals surface area (Å²) in [5.74, 6) is -0.116. The Labute approximate surface area is 130 Å². The molecule has 2 heterocycles. The van der Waals surface area contributed by atoms with E-state index in [2.05, 4.69) is 15.3 Å². The predicted molar refractivity (Wildman–Crippen MR) is 81.1 cm³/mol. The van der Waals surface area contributed by atoms with Crippen molar-refractivity contribution in [2.75, 3.05) is 18.4 Å². The zero-order valence-electron chi connectivity index (χ0n) is 13.3. The summed E-state index contributed by atoms with van der Waals surface area (Å²) in [7, 11) is 0. The first-order valence-corrected chi connectivity index (χ1v) is 7.56. The summed E-state index contributed by atoms with van der Waals surface area (Å²) in [4.78, 5) is 21.8. The van der Waals surface area contributed by atoms with E-state index in [1.54, 1.807) is 4.90 Å². The van der Waals surface area contributed by atoms with Gasteiger partial charge in [-0.2, -0.15) is 0 Å². The van der Waals surface area contributed by atoms with Crippen molar-refractivity contribution in [3.05, 3.63) is 18.2 Å². The van der Waals surface area contributed by atoms with Crippen LogP contribution in [-0.2, 0) is 4.74 Å². The van der Waals surface area contributed by atoms with Gasteiger partial charge >= 0.3 is 6.09 Å². The number of carbonyl (C=O) groups is 1. The van der Waals surface area contributed by atoms with Crippen LogP contribution < -0.4 is 5.32 Å². The maximum atomic E-state index is 12.8. The van der Waals surface area contributed by atoms with Gasteiger partial charge in [-0.3, -0.25) is 0 Å². The molecule has 0 unspecified atom stereocenters. The van der Waals surface area contributed by atoms with Gasteiger partial charge in [0.05, 0.1) is 18.4 Å². The number of hydrogen-bond donors (Lipinski definition) is 1. The average Bonchev–Trinajstić information content (AvgIpc) is 2.45.